The molecular formula is C21H25N3O2. The molecule has 1 amide bonds. The van der Waals surface area contributed by atoms with Gasteiger partial charge in [0.1, 0.15) is 11.9 Å². The summed E-state index contributed by atoms with van der Waals surface area (Å²) in [6.45, 7) is 8.20. The molecule has 5 heteroatoms. The number of β-amino-alcohol motifs (C(OH)–C–C–N with tert-alkyl or cyclic N) is 1. The maximum Gasteiger partial charge on any atom is 0.249 e. The zero-order chi connectivity index (χ0) is 18.8. The molecule has 1 fully saturated rings. The third-order valence-corrected chi connectivity index (χ3v) is 4.93. The van der Waals surface area contributed by atoms with E-state index in [0.29, 0.717) is 18.8 Å². The summed E-state index contributed by atoms with van der Waals surface area (Å²) in [6.07, 6.45) is 3.41. The molecule has 1 N–H and O–H groups in total. The maximum absolute atomic E-state index is 13.1. The van der Waals surface area contributed by atoms with Crippen LogP contribution in [0.15, 0.2) is 43.1 Å². The van der Waals surface area contributed by atoms with E-state index in [9.17, 15) is 9.90 Å². The standard InChI is InChI=1S/C21H25N3O2/c1-5-16-10-20(22-12-15(16)3)24-13-18(25)11-19(24)21(26)23(4)17-8-6-7-14(2)9-17/h5-10,12,18-19,25H,1,11,13H2,2-4H3/t18-,19-/m0/s1. The molecule has 0 saturated carbocycles. The number of carbonyl (C=O) groups is 1. The Morgan fingerprint density at radius 1 is 1.38 bits per heavy atom. The normalized spacial score (nSPS) is 19.5. The summed E-state index contributed by atoms with van der Waals surface area (Å²) in [6, 6.07) is 9.32. The highest BCUT2D eigenvalue weighted by atomic mass is 16.3. The smallest absolute Gasteiger partial charge is 0.249 e. The molecule has 0 spiro atoms. The minimum absolute atomic E-state index is 0.0466. The van der Waals surface area contributed by atoms with Crippen molar-refractivity contribution in [1.82, 2.24) is 4.98 Å². The Labute approximate surface area is 154 Å². The number of anilines is 2. The highest BCUT2D eigenvalue weighted by molar-refractivity contribution is 5.99. The van der Waals surface area contributed by atoms with Gasteiger partial charge in [-0.3, -0.25) is 4.79 Å². The number of benzene rings is 1. The van der Waals surface area contributed by atoms with Crippen LogP contribution in [0, 0.1) is 13.8 Å². The summed E-state index contributed by atoms with van der Waals surface area (Å²) in [5, 5.41) is 10.2. The minimum Gasteiger partial charge on any atom is -0.391 e. The molecule has 2 atom stereocenters. The predicted octanol–water partition coefficient (Wildman–Crippen LogP) is 2.94. The Balaban J connectivity index is 1.90. The van der Waals surface area contributed by atoms with Gasteiger partial charge in [0.2, 0.25) is 5.91 Å². The number of carbonyl (C=O) groups excluding carboxylic acids is 1. The summed E-state index contributed by atoms with van der Waals surface area (Å²) < 4.78 is 0. The fraction of sp³-hybridized carbons (Fsp3) is 0.333. The summed E-state index contributed by atoms with van der Waals surface area (Å²) in [4.78, 5) is 21.2. The van der Waals surface area contributed by atoms with E-state index in [4.69, 9.17) is 0 Å². The van der Waals surface area contributed by atoms with E-state index in [1.165, 1.54) is 0 Å². The van der Waals surface area contributed by atoms with Crippen LogP contribution in [-0.2, 0) is 4.79 Å². The van der Waals surface area contributed by atoms with E-state index in [0.717, 1.165) is 22.4 Å². The quantitative estimate of drug-likeness (QED) is 0.920. The fourth-order valence-corrected chi connectivity index (χ4v) is 3.39. The number of hydrogen-bond donors (Lipinski definition) is 1. The Morgan fingerprint density at radius 3 is 2.85 bits per heavy atom. The molecule has 1 aromatic heterocycles. The molecule has 3 rings (SSSR count). The van der Waals surface area contributed by atoms with E-state index in [2.05, 4.69) is 11.6 Å². The van der Waals surface area contributed by atoms with Gasteiger partial charge in [-0.15, -0.1) is 0 Å². The number of aromatic nitrogens is 1. The van der Waals surface area contributed by atoms with E-state index in [1.807, 2.05) is 49.1 Å². The summed E-state index contributed by atoms with van der Waals surface area (Å²) in [5.74, 6) is 0.646. The molecule has 1 aliphatic heterocycles. The van der Waals surface area contributed by atoms with Crippen LogP contribution in [0.2, 0.25) is 0 Å². The lowest BCUT2D eigenvalue weighted by atomic mass is 10.1. The topological polar surface area (TPSA) is 56.7 Å². The van der Waals surface area contributed by atoms with Crippen LogP contribution in [0.4, 0.5) is 11.5 Å². The number of aryl methyl sites for hydroxylation is 2. The Bertz CT molecular complexity index is 834. The number of rotatable bonds is 4. The lowest BCUT2D eigenvalue weighted by Gasteiger charge is -2.29. The highest BCUT2D eigenvalue weighted by Crippen LogP contribution is 2.28. The molecule has 0 radical (unpaired) electrons. The van der Waals surface area contributed by atoms with Gasteiger partial charge >= 0.3 is 0 Å². The monoisotopic (exact) mass is 351 g/mol. The first kappa shape index (κ1) is 18.1. The van der Waals surface area contributed by atoms with Gasteiger partial charge in [-0.1, -0.05) is 24.8 Å². The molecular weight excluding hydrogens is 326 g/mol. The molecule has 1 aromatic carbocycles. The van der Waals surface area contributed by atoms with Crippen molar-refractivity contribution in [3.05, 3.63) is 59.8 Å². The van der Waals surface area contributed by atoms with Crippen molar-refractivity contribution in [2.75, 3.05) is 23.4 Å². The number of aliphatic hydroxyl groups excluding tert-OH is 1. The average Bonchev–Trinajstić information content (AvgIpc) is 3.02. The van der Waals surface area contributed by atoms with Crippen LogP contribution >= 0.6 is 0 Å². The van der Waals surface area contributed by atoms with Crippen LogP contribution in [0.3, 0.4) is 0 Å². The van der Waals surface area contributed by atoms with Gasteiger partial charge in [0.15, 0.2) is 0 Å². The van der Waals surface area contributed by atoms with E-state index in [1.54, 1.807) is 24.2 Å². The van der Waals surface area contributed by atoms with Gasteiger partial charge < -0.3 is 14.9 Å². The number of nitrogens with zero attached hydrogens (tertiary/aromatic N) is 3. The van der Waals surface area contributed by atoms with Crippen molar-refractivity contribution in [1.29, 1.82) is 0 Å². The third kappa shape index (κ3) is 3.48. The molecule has 2 heterocycles. The molecule has 1 saturated heterocycles. The highest BCUT2D eigenvalue weighted by Gasteiger charge is 2.38. The van der Waals surface area contributed by atoms with Crippen LogP contribution in [0.25, 0.3) is 6.08 Å². The van der Waals surface area contributed by atoms with Crippen molar-refractivity contribution in [2.24, 2.45) is 0 Å². The molecule has 136 valence electrons. The Hall–Kier alpha value is -2.66. The van der Waals surface area contributed by atoms with Crippen LogP contribution < -0.4 is 9.80 Å². The maximum atomic E-state index is 13.1. The van der Waals surface area contributed by atoms with Crippen LogP contribution in [0.1, 0.15) is 23.1 Å². The van der Waals surface area contributed by atoms with E-state index >= 15 is 0 Å². The second-order valence-corrected chi connectivity index (χ2v) is 6.90. The molecule has 0 unspecified atom stereocenters. The largest absolute Gasteiger partial charge is 0.391 e. The van der Waals surface area contributed by atoms with Gasteiger partial charge in [-0.05, 0) is 48.7 Å². The van der Waals surface area contributed by atoms with Crippen molar-refractivity contribution >= 4 is 23.5 Å². The first-order valence-corrected chi connectivity index (χ1v) is 8.78. The zero-order valence-electron chi connectivity index (χ0n) is 15.5. The number of amides is 1. The molecule has 2 aromatic rings. The van der Waals surface area contributed by atoms with Gasteiger partial charge in [-0.25, -0.2) is 4.98 Å². The Morgan fingerprint density at radius 2 is 2.15 bits per heavy atom. The number of likely N-dealkylation sites (N-methyl/N-ethyl adjacent to an activating group) is 1. The van der Waals surface area contributed by atoms with Crippen LogP contribution in [-0.4, -0.2) is 41.7 Å². The fourth-order valence-electron chi connectivity index (χ4n) is 3.39. The van der Waals surface area contributed by atoms with Gasteiger partial charge in [-0.2, -0.15) is 0 Å². The Kier molecular flexibility index (Phi) is 5.09. The lowest BCUT2D eigenvalue weighted by molar-refractivity contribution is -0.119. The van der Waals surface area contributed by atoms with Crippen LogP contribution in [0.5, 0.6) is 0 Å². The molecule has 0 bridgehead atoms. The van der Waals surface area contributed by atoms with Gasteiger partial charge in [0.05, 0.1) is 6.10 Å². The number of pyridine rings is 1. The summed E-state index contributed by atoms with van der Waals surface area (Å²) in [5.41, 5.74) is 3.96. The second-order valence-electron chi connectivity index (χ2n) is 6.90. The third-order valence-electron chi connectivity index (χ3n) is 4.93. The second kappa shape index (κ2) is 7.30. The van der Waals surface area contributed by atoms with E-state index < -0.39 is 12.1 Å². The van der Waals surface area contributed by atoms with E-state index in [-0.39, 0.29) is 5.91 Å². The first-order chi connectivity index (χ1) is 12.4. The predicted molar refractivity (Wildman–Crippen MR) is 105 cm³/mol. The van der Waals surface area contributed by atoms with Crippen molar-refractivity contribution in [3.63, 3.8) is 0 Å². The number of aliphatic hydroxyl groups is 1. The minimum atomic E-state index is -0.551. The summed E-state index contributed by atoms with van der Waals surface area (Å²) in [7, 11) is 1.78. The molecule has 26 heavy (non-hydrogen) atoms. The van der Waals surface area contributed by atoms with Gasteiger partial charge in [0, 0.05) is 31.9 Å². The molecule has 1 aliphatic rings. The summed E-state index contributed by atoms with van der Waals surface area (Å²) >= 11 is 0. The SMILES string of the molecule is C=Cc1cc(N2C[C@@H](O)C[C@H]2C(=O)N(C)c2cccc(C)c2)ncc1C. The number of hydrogen-bond acceptors (Lipinski definition) is 4. The van der Waals surface area contributed by atoms with Crippen molar-refractivity contribution < 1.29 is 9.90 Å². The van der Waals surface area contributed by atoms with Gasteiger partial charge in [0.25, 0.3) is 0 Å². The van der Waals surface area contributed by atoms with Crippen molar-refractivity contribution in [3.8, 4) is 0 Å². The molecule has 5 nitrogen and oxygen atoms in total. The lowest BCUT2D eigenvalue weighted by Crippen LogP contribution is -2.44. The molecule has 0 aliphatic carbocycles. The van der Waals surface area contributed by atoms with Crippen molar-refractivity contribution in [2.45, 2.75) is 32.4 Å². The average molecular weight is 351 g/mol. The first-order valence-electron chi connectivity index (χ1n) is 8.78. The zero-order valence-corrected chi connectivity index (χ0v) is 15.5.